The first-order valence-electron chi connectivity index (χ1n) is 4.76. The van der Waals surface area contributed by atoms with E-state index in [4.69, 9.17) is 10.4 Å². The molecular formula is C10H18N2O2. The van der Waals surface area contributed by atoms with Crippen molar-refractivity contribution in [3.05, 3.63) is 0 Å². The third-order valence-corrected chi connectivity index (χ3v) is 2.16. The summed E-state index contributed by atoms with van der Waals surface area (Å²) in [6.07, 6.45) is 0.699. The van der Waals surface area contributed by atoms with Crippen LogP contribution in [-0.4, -0.2) is 35.6 Å². The highest BCUT2D eigenvalue weighted by Crippen LogP contribution is 2.18. The molecule has 0 atom stereocenters. The summed E-state index contributed by atoms with van der Waals surface area (Å²) in [6, 6.07) is 2.20. The van der Waals surface area contributed by atoms with E-state index in [0.29, 0.717) is 19.5 Å². The zero-order chi connectivity index (χ0) is 11.2. The van der Waals surface area contributed by atoms with Crippen LogP contribution in [0.3, 0.4) is 0 Å². The van der Waals surface area contributed by atoms with Gasteiger partial charge in [-0.05, 0) is 26.8 Å². The normalized spacial score (nSPS) is 11.4. The SMILES string of the molecule is CCN(CCC(C)(C)C#N)CC(=O)O. The second-order valence-electron chi connectivity index (χ2n) is 4.01. The zero-order valence-electron chi connectivity index (χ0n) is 9.08. The molecule has 1 N–H and O–H groups in total. The lowest BCUT2D eigenvalue weighted by atomic mass is 9.91. The molecule has 0 aromatic heterocycles. The van der Waals surface area contributed by atoms with Crippen molar-refractivity contribution in [2.45, 2.75) is 27.2 Å². The molecule has 14 heavy (non-hydrogen) atoms. The molecule has 0 unspecified atom stereocenters. The Hall–Kier alpha value is -1.08. The van der Waals surface area contributed by atoms with Gasteiger partial charge in [-0.25, -0.2) is 0 Å². The van der Waals surface area contributed by atoms with Crippen LogP contribution in [0.5, 0.6) is 0 Å². The molecule has 0 saturated heterocycles. The third kappa shape index (κ3) is 5.55. The molecule has 0 aliphatic carbocycles. The standard InChI is InChI=1S/C10H18N2O2/c1-4-12(7-9(13)14)6-5-10(2,3)8-11/h4-7H2,1-3H3,(H,13,14). The van der Waals surface area contributed by atoms with E-state index >= 15 is 0 Å². The van der Waals surface area contributed by atoms with E-state index in [1.807, 2.05) is 25.7 Å². The molecule has 0 heterocycles. The predicted octanol–water partition coefficient (Wildman–Crippen LogP) is 1.33. The van der Waals surface area contributed by atoms with Gasteiger partial charge in [0.2, 0.25) is 0 Å². The Kier molecular flexibility index (Phi) is 5.18. The summed E-state index contributed by atoms with van der Waals surface area (Å²) in [4.78, 5) is 12.3. The molecule has 0 aromatic rings. The minimum atomic E-state index is -0.818. The van der Waals surface area contributed by atoms with Crippen molar-refractivity contribution in [1.82, 2.24) is 4.90 Å². The van der Waals surface area contributed by atoms with Gasteiger partial charge in [0.05, 0.1) is 18.0 Å². The van der Waals surface area contributed by atoms with Crippen LogP contribution in [0.1, 0.15) is 27.2 Å². The average molecular weight is 198 g/mol. The van der Waals surface area contributed by atoms with E-state index in [9.17, 15) is 4.79 Å². The Morgan fingerprint density at radius 2 is 2.14 bits per heavy atom. The number of hydrogen-bond donors (Lipinski definition) is 1. The van der Waals surface area contributed by atoms with Crippen LogP contribution < -0.4 is 0 Å². The van der Waals surface area contributed by atoms with E-state index in [1.165, 1.54) is 0 Å². The lowest BCUT2D eigenvalue weighted by Crippen LogP contribution is -2.32. The number of nitriles is 1. The number of carbonyl (C=O) groups is 1. The summed E-state index contributed by atoms with van der Waals surface area (Å²) < 4.78 is 0. The van der Waals surface area contributed by atoms with E-state index in [-0.39, 0.29) is 12.0 Å². The highest BCUT2D eigenvalue weighted by atomic mass is 16.4. The molecule has 80 valence electrons. The van der Waals surface area contributed by atoms with Crippen molar-refractivity contribution in [2.24, 2.45) is 5.41 Å². The lowest BCUT2D eigenvalue weighted by molar-refractivity contribution is -0.138. The minimum Gasteiger partial charge on any atom is -0.480 e. The molecule has 0 aromatic carbocycles. The summed E-state index contributed by atoms with van der Waals surface area (Å²) in [6.45, 7) is 7.06. The largest absolute Gasteiger partial charge is 0.480 e. The summed E-state index contributed by atoms with van der Waals surface area (Å²) in [5.41, 5.74) is -0.369. The van der Waals surface area contributed by atoms with Gasteiger partial charge in [-0.2, -0.15) is 5.26 Å². The monoisotopic (exact) mass is 198 g/mol. The van der Waals surface area contributed by atoms with Gasteiger partial charge in [-0.15, -0.1) is 0 Å². The molecule has 0 aliphatic heterocycles. The van der Waals surface area contributed by atoms with E-state index in [0.717, 1.165) is 0 Å². The van der Waals surface area contributed by atoms with Gasteiger partial charge < -0.3 is 5.11 Å². The van der Waals surface area contributed by atoms with Crippen LogP contribution in [0.4, 0.5) is 0 Å². The molecule has 0 saturated carbocycles. The van der Waals surface area contributed by atoms with E-state index in [1.54, 1.807) is 0 Å². The second kappa shape index (κ2) is 5.61. The van der Waals surface area contributed by atoms with Gasteiger partial charge in [0, 0.05) is 6.54 Å². The lowest BCUT2D eigenvalue weighted by Gasteiger charge is -2.22. The fourth-order valence-corrected chi connectivity index (χ4v) is 1.03. The maximum Gasteiger partial charge on any atom is 0.317 e. The molecule has 4 heteroatoms. The van der Waals surface area contributed by atoms with Gasteiger partial charge in [-0.1, -0.05) is 6.92 Å². The summed E-state index contributed by atoms with van der Waals surface area (Å²) in [5.74, 6) is -0.818. The van der Waals surface area contributed by atoms with Crippen molar-refractivity contribution in [3.63, 3.8) is 0 Å². The number of carboxylic acids is 1. The Morgan fingerprint density at radius 3 is 2.50 bits per heavy atom. The number of hydrogen-bond acceptors (Lipinski definition) is 3. The maximum atomic E-state index is 10.5. The molecule has 0 amide bonds. The fourth-order valence-electron chi connectivity index (χ4n) is 1.03. The first kappa shape index (κ1) is 12.9. The minimum absolute atomic E-state index is 0.0536. The number of likely N-dealkylation sites (N-methyl/N-ethyl adjacent to an activating group) is 1. The Labute approximate surface area is 85.1 Å². The van der Waals surface area contributed by atoms with Crippen LogP contribution in [0.25, 0.3) is 0 Å². The number of nitrogens with zero attached hydrogens (tertiary/aromatic N) is 2. The van der Waals surface area contributed by atoms with Crippen molar-refractivity contribution in [2.75, 3.05) is 19.6 Å². The second-order valence-corrected chi connectivity index (χ2v) is 4.01. The first-order valence-corrected chi connectivity index (χ1v) is 4.76. The Morgan fingerprint density at radius 1 is 1.57 bits per heavy atom. The van der Waals surface area contributed by atoms with Crippen molar-refractivity contribution in [1.29, 1.82) is 5.26 Å². The summed E-state index contributed by atoms with van der Waals surface area (Å²) >= 11 is 0. The molecule has 0 spiro atoms. The smallest absolute Gasteiger partial charge is 0.317 e. The first-order chi connectivity index (χ1) is 6.41. The molecule has 0 bridgehead atoms. The molecular weight excluding hydrogens is 180 g/mol. The van der Waals surface area contributed by atoms with Crippen LogP contribution in [0.2, 0.25) is 0 Å². The third-order valence-electron chi connectivity index (χ3n) is 2.16. The quantitative estimate of drug-likeness (QED) is 0.699. The number of rotatable bonds is 6. The van der Waals surface area contributed by atoms with E-state index in [2.05, 4.69) is 6.07 Å². The van der Waals surface area contributed by atoms with Crippen LogP contribution >= 0.6 is 0 Å². The maximum absolute atomic E-state index is 10.5. The van der Waals surface area contributed by atoms with Gasteiger partial charge in [0.1, 0.15) is 0 Å². The molecule has 0 aliphatic rings. The number of carboxylic acid groups (broad SMARTS) is 1. The van der Waals surface area contributed by atoms with E-state index < -0.39 is 5.97 Å². The average Bonchev–Trinajstić information content (AvgIpc) is 2.12. The topological polar surface area (TPSA) is 64.3 Å². The summed E-state index contributed by atoms with van der Waals surface area (Å²) in [5, 5.41) is 17.4. The predicted molar refractivity (Wildman–Crippen MR) is 53.8 cm³/mol. The number of aliphatic carboxylic acids is 1. The van der Waals surface area contributed by atoms with Gasteiger partial charge in [0.15, 0.2) is 0 Å². The van der Waals surface area contributed by atoms with Crippen molar-refractivity contribution >= 4 is 5.97 Å². The van der Waals surface area contributed by atoms with Gasteiger partial charge >= 0.3 is 5.97 Å². The van der Waals surface area contributed by atoms with Crippen molar-refractivity contribution in [3.8, 4) is 6.07 Å². The van der Waals surface area contributed by atoms with Gasteiger partial charge in [-0.3, -0.25) is 9.69 Å². The van der Waals surface area contributed by atoms with Gasteiger partial charge in [0.25, 0.3) is 0 Å². The van der Waals surface area contributed by atoms with Crippen LogP contribution in [0.15, 0.2) is 0 Å². The highest BCUT2D eigenvalue weighted by Gasteiger charge is 2.18. The fraction of sp³-hybridized carbons (Fsp3) is 0.800. The molecule has 4 nitrogen and oxygen atoms in total. The van der Waals surface area contributed by atoms with Crippen LogP contribution in [-0.2, 0) is 4.79 Å². The highest BCUT2D eigenvalue weighted by molar-refractivity contribution is 5.69. The zero-order valence-corrected chi connectivity index (χ0v) is 9.08. The molecule has 0 rings (SSSR count). The molecule has 0 radical (unpaired) electrons. The van der Waals surface area contributed by atoms with Crippen LogP contribution in [0, 0.1) is 16.7 Å². The Balaban J connectivity index is 3.97. The van der Waals surface area contributed by atoms with Crippen molar-refractivity contribution < 1.29 is 9.90 Å². The summed E-state index contributed by atoms with van der Waals surface area (Å²) in [7, 11) is 0. The molecule has 0 fully saturated rings. The Bertz CT molecular complexity index is 231.